The molecule has 4 nitrogen and oxygen atoms in total. The van der Waals surface area contributed by atoms with Crippen LogP contribution in [0.15, 0.2) is 29.2 Å². The Morgan fingerprint density at radius 2 is 1.90 bits per heavy atom. The number of rotatable bonds is 7. The van der Waals surface area contributed by atoms with Crippen molar-refractivity contribution >= 4 is 31.7 Å². The van der Waals surface area contributed by atoms with Crippen molar-refractivity contribution in [2.45, 2.75) is 31.6 Å². The Balaban J connectivity index is 2.86. The van der Waals surface area contributed by atoms with Gasteiger partial charge in [0.05, 0.1) is 4.90 Å². The third-order valence-corrected chi connectivity index (χ3v) is 6.23. The highest BCUT2D eigenvalue weighted by Crippen LogP contribution is 2.27. The zero-order valence-corrected chi connectivity index (χ0v) is 15.1. The Morgan fingerprint density at radius 1 is 1.29 bits per heavy atom. The van der Waals surface area contributed by atoms with Gasteiger partial charge in [0.15, 0.2) is 9.84 Å². The predicted molar refractivity (Wildman–Crippen MR) is 88.7 cm³/mol. The Bertz CT molecular complexity index is 586. The summed E-state index contributed by atoms with van der Waals surface area (Å²) in [5, 5.41) is 3.72. The van der Waals surface area contributed by atoms with Gasteiger partial charge in [0.25, 0.3) is 5.91 Å². The highest BCUT2D eigenvalue weighted by molar-refractivity contribution is 9.09. The molecule has 0 aromatic heterocycles. The van der Waals surface area contributed by atoms with E-state index in [9.17, 15) is 13.2 Å². The van der Waals surface area contributed by atoms with Crippen molar-refractivity contribution in [3.8, 4) is 0 Å². The first-order chi connectivity index (χ1) is 9.78. The minimum atomic E-state index is -3.30. The summed E-state index contributed by atoms with van der Waals surface area (Å²) < 4.78 is 23.1. The summed E-state index contributed by atoms with van der Waals surface area (Å²) in [5.41, 5.74) is 0.401. The van der Waals surface area contributed by atoms with Gasteiger partial charge in [0.1, 0.15) is 0 Å². The minimum Gasteiger partial charge on any atom is -0.351 e. The molecule has 0 spiro atoms. The van der Waals surface area contributed by atoms with Crippen molar-refractivity contribution in [1.82, 2.24) is 5.32 Å². The summed E-state index contributed by atoms with van der Waals surface area (Å²) in [6.45, 7) is 4.76. The molecule has 0 radical (unpaired) electrons. The van der Waals surface area contributed by atoms with E-state index >= 15 is 0 Å². The van der Waals surface area contributed by atoms with Gasteiger partial charge in [-0.25, -0.2) is 8.42 Å². The zero-order chi connectivity index (χ0) is 16.1. The van der Waals surface area contributed by atoms with Crippen LogP contribution in [0.4, 0.5) is 0 Å². The van der Waals surface area contributed by atoms with Gasteiger partial charge in [-0.2, -0.15) is 0 Å². The first-order valence-corrected chi connectivity index (χ1v) is 9.93. The van der Waals surface area contributed by atoms with Crippen LogP contribution in [-0.2, 0) is 9.84 Å². The van der Waals surface area contributed by atoms with Crippen LogP contribution in [0.3, 0.4) is 0 Å². The maximum Gasteiger partial charge on any atom is 0.251 e. The number of amides is 1. The van der Waals surface area contributed by atoms with E-state index in [0.717, 1.165) is 24.4 Å². The second-order valence-corrected chi connectivity index (χ2v) is 7.90. The van der Waals surface area contributed by atoms with Crippen LogP contribution >= 0.6 is 15.9 Å². The average molecular weight is 376 g/mol. The molecule has 118 valence electrons. The number of hydrogen-bond donors (Lipinski definition) is 1. The maximum absolute atomic E-state index is 12.2. The third kappa shape index (κ3) is 4.81. The molecule has 21 heavy (non-hydrogen) atoms. The van der Waals surface area contributed by atoms with E-state index in [1.54, 1.807) is 12.1 Å². The molecule has 0 saturated carbocycles. The van der Waals surface area contributed by atoms with Gasteiger partial charge in [0, 0.05) is 23.7 Å². The Labute approximate surface area is 135 Å². The average Bonchev–Trinajstić information content (AvgIpc) is 2.48. The predicted octanol–water partition coefficient (Wildman–Crippen LogP) is 3.02. The van der Waals surface area contributed by atoms with Crippen molar-refractivity contribution < 1.29 is 13.2 Å². The molecule has 0 saturated heterocycles. The topological polar surface area (TPSA) is 63.2 Å². The van der Waals surface area contributed by atoms with Gasteiger partial charge in [-0.15, -0.1) is 0 Å². The van der Waals surface area contributed by atoms with E-state index in [1.165, 1.54) is 12.1 Å². The Kier molecular flexibility index (Phi) is 6.41. The highest BCUT2D eigenvalue weighted by atomic mass is 79.9. The molecular weight excluding hydrogens is 354 g/mol. The van der Waals surface area contributed by atoms with Gasteiger partial charge in [0.2, 0.25) is 0 Å². The molecule has 0 aliphatic heterocycles. The SMILES string of the molecule is CCC(CC)(CBr)CNC(=O)c1cccc(S(C)(=O)=O)c1. The number of nitrogens with one attached hydrogen (secondary N) is 1. The van der Waals surface area contributed by atoms with Crippen LogP contribution in [0.25, 0.3) is 0 Å². The summed E-state index contributed by atoms with van der Waals surface area (Å²) in [5.74, 6) is -0.243. The van der Waals surface area contributed by atoms with Crippen LogP contribution < -0.4 is 5.32 Å². The number of carbonyl (C=O) groups excluding carboxylic acids is 1. The number of alkyl halides is 1. The van der Waals surface area contributed by atoms with Crippen LogP contribution in [0, 0.1) is 5.41 Å². The number of benzene rings is 1. The van der Waals surface area contributed by atoms with E-state index < -0.39 is 9.84 Å². The Hall–Kier alpha value is -0.880. The van der Waals surface area contributed by atoms with Crippen molar-refractivity contribution in [2.24, 2.45) is 5.41 Å². The molecular formula is C15H22BrNO3S. The molecule has 0 aliphatic rings. The molecule has 0 fully saturated rings. The molecule has 0 bridgehead atoms. The van der Waals surface area contributed by atoms with E-state index in [1.807, 2.05) is 0 Å². The van der Waals surface area contributed by atoms with Gasteiger partial charge >= 0.3 is 0 Å². The molecule has 1 amide bonds. The Morgan fingerprint density at radius 3 is 2.38 bits per heavy atom. The van der Waals surface area contributed by atoms with Crippen molar-refractivity contribution in [2.75, 3.05) is 18.1 Å². The number of sulfone groups is 1. The number of hydrogen-bond acceptors (Lipinski definition) is 3. The second kappa shape index (κ2) is 7.40. The fourth-order valence-electron chi connectivity index (χ4n) is 1.97. The summed E-state index contributed by atoms with van der Waals surface area (Å²) in [7, 11) is -3.30. The van der Waals surface area contributed by atoms with Gasteiger partial charge in [-0.1, -0.05) is 35.8 Å². The van der Waals surface area contributed by atoms with Crippen molar-refractivity contribution in [3.63, 3.8) is 0 Å². The monoisotopic (exact) mass is 375 g/mol. The normalized spacial score (nSPS) is 12.2. The van der Waals surface area contributed by atoms with Crippen molar-refractivity contribution in [3.05, 3.63) is 29.8 Å². The fraction of sp³-hybridized carbons (Fsp3) is 0.533. The minimum absolute atomic E-state index is 0.0318. The first kappa shape index (κ1) is 18.2. The van der Waals surface area contributed by atoms with Crippen LogP contribution in [0.5, 0.6) is 0 Å². The molecule has 0 aliphatic carbocycles. The van der Waals surface area contributed by atoms with E-state index in [2.05, 4.69) is 35.1 Å². The van der Waals surface area contributed by atoms with Crippen LogP contribution in [0.2, 0.25) is 0 Å². The zero-order valence-electron chi connectivity index (χ0n) is 12.6. The van der Waals surface area contributed by atoms with E-state index in [4.69, 9.17) is 0 Å². The second-order valence-electron chi connectivity index (χ2n) is 5.32. The standard InChI is InChI=1S/C15H22BrNO3S/c1-4-15(5-2,10-16)11-17-14(18)12-7-6-8-13(9-12)21(3,19)20/h6-9H,4-5,10-11H2,1-3H3,(H,17,18). The molecule has 0 heterocycles. The van der Waals surface area contributed by atoms with Crippen molar-refractivity contribution in [1.29, 1.82) is 0 Å². The van der Waals surface area contributed by atoms with E-state index in [-0.39, 0.29) is 16.2 Å². The number of halogens is 1. The molecule has 0 atom stereocenters. The lowest BCUT2D eigenvalue weighted by atomic mass is 9.84. The van der Waals surface area contributed by atoms with E-state index in [0.29, 0.717) is 12.1 Å². The smallest absolute Gasteiger partial charge is 0.251 e. The molecule has 1 aromatic carbocycles. The molecule has 1 rings (SSSR count). The lowest BCUT2D eigenvalue weighted by molar-refractivity contribution is 0.0932. The van der Waals surface area contributed by atoms with Gasteiger partial charge < -0.3 is 5.32 Å². The summed E-state index contributed by atoms with van der Waals surface area (Å²) in [6.07, 6.45) is 3.05. The maximum atomic E-state index is 12.2. The largest absolute Gasteiger partial charge is 0.351 e. The van der Waals surface area contributed by atoms with Crippen LogP contribution in [-0.4, -0.2) is 32.5 Å². The quantitative estimate of drug-likeness (QED) is 0.744. The highest BCUT2D eigenvalue weighted by Gasteiger charge is 2.25. The lowest BCUT2D eigenvalue weighted by Gasteiger charge is -2.29. The first-order valence-electron chi connectivity index (χ1n) is 6.92. The molecule has 1 aromatic rings. The third-order valence-electron chi connectivity index (χ3n) is 3.93. The summed E-state index contributed by atoms with van der Waals surface area (Å²) in [4.78, 5) is 12.4. The lowest BCUT2D eigenvalue weighted by Crippen LogP contribution is -2.38. The number of carbonyl (C=O) groups is 1. The molecule has 6 heteroatoms. The van der Waals surface area contributed by atoms with Gasteiger partial charge in [-0.3, -0.25) is 4.79 Å². The molecule has 0 unspecified atom stereocenters. The summed E-state index contributed by atoms with van der Waals surface area (Å²) in [6, 6.07) is 6.12. The summed E-state index contributed by atoms with van der Waals surface area (Å²) >= 11 is 3.51. The van der Waals surface area contributed by atoms with Gasteiger partial charge in [-0.05, 0) is 36.5 Å². The van der Waals surface area contributed by atoms with Crippen LogP contribution in [0.1, 0.15) is 37.0 Å². The molecule has 1 N–H and O–H groups in total. The fourth-order valence-corrected chi connectivity index (χ4v) is 3.63.